The van der Waals surface area contributed by atoms with Gasteiger partial charge in [-0.2, -0.15) is 0 Å². The quantitative estimate of drug-likeness (QED) is 0.800. The van der Waals surface area contributed by atoms with Crippen molar-refractivity contribution < 1.29 is 13.2 Å². The van der Waals surface area contributed by atoms with Crippen LogP contribution in [0.1, 0.15) is 36.1 Å². The topological polar surface area (TPSA) is 12.0 Å². The maximum absolute atomic E-state index is 14.0. The van der Waals surface area contributed by atoms with Gasteiger partial charge in [0.25, 0.3) is 0 Å². The van der Waals surface area contributed by atoms with E-state index in [0.717, 1.165) is 23.6 Å². The lowest BCUT2D eigenvalue weighted by Crippen LogP contribution is -2.24. The Bertz CT molecular complexity index is 608. The van der Waals surface area contributed by atoms with Gasteiger partial charge >= 0.3 is 0 Å². The van der Waals surface area contributed by atoms with Gasteiger partial charge in [0.1, 0.15) is 5.82 Å². The van der Waals surface area contributed by atoms with Gasteiger partial charge in [-0.15, -0.1) is 0 Å². The monoisotopic (exact) mass is 293 g/mol. The lowest BCUT2D eigenvalue weighted by atomic mass is 9.97. The van der Waals surface area contributed by atoms with Gasteiger partial charge in [0.2, 0.25) is 0 Å². The number of benzene rings is 2. The molecule has 0 radical (unpaired) electrons. The maximum Gasteiger partial charge on any atom is 0.161 e. The molecule has 0 heterocycles. The minimum atomic E-state index is -1.17. The molecule has 1 N–H and O–H groups in total. The molecule has 2 aromatic carbocycles. The second-order valence-corrected chi connectivity index (χ2v) is 5.09. The summed E-state index contributed by atoms with van der Waals surface area (Å²) in [5.41, 5.74) is 2.02. The summed E-state index contributed by atoms with van der Waals surface area (Å²) in [5.74, 6) is -2.96. The third-order valence-corrected chi connectivity index (χ3v) is 3.36. The summed E-state index contributed by atoms with van der Waals surface area (Å²) in [6, 6.07) is 8.58. The van der Waals surface area contributed by atoms with Crippen LogP contribution in [0.2, 0.25) is 0 Å². The Balaban J connectivity index is 2.45. The van der Waals surface area contributed by atoms with E-state index in [1.54, 1.807) is 0 Å². The molecule has 0 aromatic heterocycles. The summed E-state index contributed by atoms with van der Waals surface area (Å²) in [6.45, 7) is 4.59. The van der Waals surface area contributed by atoms with Crippen LogP contribution in [0, 0.1) is 24.4 Å². The van der Waals surface area contributed by atoms with Crippen LogP contribution < -0.4 is 5.32 Å². The summed E-state index contributed by atoms with van der Waals surface area (Å²) in [4.78, 5) is 0. The fourth-order valence-electron chi connectivity index (χ4n) is 2.21. The first-order valence-electron chi connectivity index (χ1n) is 6.97. The van der Waals surface area contributed by atoms with Gasteiger partial charge in [-0.05, 0) is 31.5 Å². The highest BCUT2D eigenvalue weighted by Crippen LogP contribution is 2.26. The standard InChI is InChI=1S/C17H18F3N/c1-3-8-21-17(12-6-4-11(2)5-7-12)13-9-15(19)16(20)10-14(13)18/h4-7,9-10,17,21H,3,8H2,1-2H3. The second-order valence-electron chi connectivity index (χ2n) is 5.09. The summed E-state index contributed by atoms with van der Waals surface area (Å²) in [5, 5.41) is 3.18. The number of nitrogens with one attached hydrogen (secondary N) is 1. The molecule has 112 valence electrons. The Labute approximate surface area is 122 Å². The zero-order valence-electron chi connectivity index (χ0n) is 12.1. The van der Waals surface area contributed by atoms with E-state index in [-0.39, 0.29) is 5.56 Å². The van der Waals surface area contributed by atoms with Gasteiger partial charge in [-0.1, -0.05) is 36.8 Å². The average molecular weight is 293 g/mol. The first-order valence-corrected chi connectivity index (χ1v) is 6.97. The molecule has 4 heteroatoms. The highest BCUT2D eigenvalue weighted by Gasteiger charge is 2.20. The first kappa shape index (κ1) is 15.6. The minimum absolute atomic E-state index is 0.117. The summed E-state index contributed by atoms with van der Waals surface area (Å²) < 4.78 is 40.6. The van der Waals surface area contributed by atoms with Crippen LogP contribution >= 0.6 is 0 Å². The molecular formula is C17H18F3N. The van der Waals surface area contributed by atoms with E-state index in [1.165, 1.54) is 0 Å². The predicted molar refractivity (Wildman–Crippen MR) is 77.6 cm³/mol. The summed E-state index contributed by atoms with van der Waals surface area (Å²) >= 11 is 0. The van der Waals surface area contributed by atoms with Gasteiger partial charge in [0.15, 0.2) is 11.6 Å². The molecule has 0 aliphatic carbocycles. The van der Waals surface area contributed by atoms with Crippen LogP contribution in [0.15, 0.2) is 36.4 Å². The number of aryl methyl sites for hydroxylation is 1. The van der Waals surface area contributed by atoms with E-state index in [0.29, 0.717) is 12.6 Å². The van der Waals surface area contributed by atoms with Crippen LogP contribution in [0.25, 0.3) is 0 Å². The smallest absolute Gasteiger partial charge is 0.161 e. The van der Waals surface area contributed by atoms with Crippen molar-refractivity contribution in [1.29, 1.82) is 0 Å². The van der Waals surface area contributed by atoms with Gasteiger partial charge < -0.3 is 5.32 Å². The molecule has 0 spiro atoms. The fraction of sp³-hybridized carbons (Fsp3) is 0.294. The summed E-state index contributed by atoms with van der Waals surface area (Å²) in [7, 11) is 0. The molecule has 1 atom stereocenters. The molecule has 1 unspecified atom stereocenters. The van der Waals surface area contributed by atoms with Crippen molar-refractivity contribution in [2.75, 3.05) is 6.54 Å². The van der Waals surface area contributed by atoms with Gasteiger partial charge in [0, 0.05) is 11.6 Å². The van der Waals surface area contributed by atoms with Crippen molar-refractivity contribution in [1.82, 2.24) is 5.32 Å². The highest BCUT2D eigenvalue weighted by atomic mass is 19.2. The van der Waals surface area contributed by atoms with Crippen LogP contribution in [-0.4, -0.2) is 6.54 Å². The van der Waals surface area contributed by atoms with E-state index in [2.05, 4.69) is 5.32 Å². The van der Waals surface area contributed by atoms with Crippen molar-refractivity contribution in [3.63, 3.8) is 0 Å². The minimum Gasteiger partial charge on any atom is -0.306 e. The van der Waals surface area contributed by atoms with E-state index in [4.69, 9.17) is 0 Å². The van der Waals surface area contributed by atoms with E-state index >= 15 is 0 Å². The van der Waals surface area contributed by atoms with Crippen LogP contribution in [-0.2, 0) is 0 Å². The number of hydrogen-bond donors (Lipinski definition) is 1. The first-order chi connectivity index (χ1) is 10.0. The maximum atomic E-state index is 14.0. The third kappa shape index (κ3) is 3.64. The van der Waals surface area contributed by atoms with Crippen LogP contribution in [0.5, 0.6) is 0 Å². The Hall–Kier alpha value is -1.81. The number of halogens is 3. The third-order valence-electron chi connectivity index (χ3n) is 3.36. The van der Waals surface area contributed by atoms with E-state index < -0.39 is 23.5 Å². The molecule has 0 amide bonds. The zero-order valence-corrected chi connectivity index (χ0v) is 12.1. The van der Waals surface area contributed by atoms with Crippen LogP contribution in [0.4, 0.5) is 13.2 Å². The second kappa shape index (κ2) is 6.76. The lowest BCUT2D eigenvalue weighted by Gasteiger charge is -2.20. The number of rotatable bonds is 5. The fourth-order valence-corrected chi connectivity index (χ4v) is 2.21. The Morgan fingerprint density at radius 2 is 1.57 bits per heavy atom. The molecule has 2 rings (SSSR count). The largest absolute Gasteiger partial charge is 0.306 e. The molecule has 0 bridgehead atoms. The molecule has 0 saturated heterocycles. The van der Waals surface area contributed by atoms with Crippen LogP contribution in [0.3, 0.4) is 0 Å². The molecule has 21 heavy (non-hydrogen) atoms. The normalized spacial score (nSPS) is 12.4. The lowest BCUT2D eigenvalue weighted by molar-refractivity contribution is 0.479. The molecule has 0 saturated carbocycles. The summed E-state index contributed by atoms with van der Waals surface area (Å²) in [6.07, 6.45) is 0.855. The van der Waals surface area contributed by atoms with Crippen molar-refractivity contribution in [3.8, 4) is 0 Å². The molecule has 0 aliphatic rings. The highest BCUT2D eigenvalue weighted by molar-refractivity contribution is 5.34. The van der Waals surface area contributed by atoms with Crippen molar-refractivity contribution in [3.05, 3.63) is 70.5 Å². The molecular weight excluding hydrogens is 275 g/mol. The van der Waals surface area contributed by atoms with Gasteiger partial charge in [0.05, 0.1) is 6.04 Å². The molecule has 0 aliphatic heterocycles. The Morgan fingerprint density at radius 3 is 2.19 bits per heavy atom. The Morgan fingerprint density at radius 1 is 0.952 bits per heavy atom. The van der Waals surface area contributed by atoms with E-state index in [9.17, 15) is 13.2 Å². The van der Waals surface area contributed by atoms with Crippen molar-refractivity contribution in [2.24, 2.45) is 0 Å². The molecule has 0 fully saturated rings. The van der Waals surface area contributed by atoms with Gasteiger partial charge in [-0.25, -0.2) is 13.2 Å². The average Bonchev–Trinajstić information content (AvgIpc) is 2.46. The van der Waals surface area contributed by atoms with Crippen molar-refractivity contribution >= 4 is 0 Å². The zero-order chi connectivity index (χ0) is 15.4. The van der Waals surface area contributed by atoms with Crippen molar-refractivity contribution in [2.45, 2.75) is 26.3 Å². The Kier molecular flexibility index (Phi) is 5.02. The predicted octanol–water partition coefficient (Wildman–Crippen LogP) is 4.50. The number of hydrogen-bond acceptors (Lipinski definition) is 1. The van der Waals surface area contributed by atoms with Gasteiger partial charge in [-0.3, -0.25) is 0 Å². The molecule has 1 nitrogen and oxygen atoms in total. The molecule has 2 aromatic rings. The SMILES string of the molecule is CCCNC(c1ccc(C)cc1)c1cc(F)c(F)cc1F. The van der Waals surface area contributed by atoms with E-state index in [1.807, 2.05) is 38.1 Å².